The Hall–Kier alpha value is -2.75. The number of nitrogens with zero attached hydrogens (tertiary/aromatic N) is 3. The molecule has 0 amide bonds. The first kappa shape index (κ1) is 13.0. The van der Waals surface area contributed by atoms with E-state index in [0.717, 1.165) is 47.2 Å². The molecular weight excluding hydrogens is 274 g/mol. The van der Waals surface area contributed by atoms with E-state index in [4.69, 9.17) is 4.98 Å². The monoisotopic (exact) mass is 289 g/mol. The van der Waals surface area contributed by atoms with Crippen molar-refractivity contribution in [1.82, 2.24) is 15.0 Å². The van der Waals surface area contributed by atoms with E-state index in [-0.39, 0.29) is 0 Å². The second-order valence-electron chi connectivity index (χ2n) is 5.50. The SMILES string of the molecule is Oc1ccc2c(c1)CCCc1cnc(-c3cccnc3)nc1-2. The molecule has 0 saturated heterocycles. The van der Waals surface area contributed by atoms with Gasteiger partial charge >= 0.3 is 0 Å². The Kier molecular flexibility index (Phi) is 3.07. The molecule has 0 bridgehead atoms. The molecule has 2 heterocycles. The zero-order valence-corrected chi connectivity index (χ0v) is 12.0. The molecular formula is C18H15N3O. The molecule has 1 aromatic carbocycles. The fourth-order valence-corrected chi connectivity index (χ4v) is 2.94. The number of pyridine rings is 1. The third-order valence-corrected chi connectivity index (χ3v) is 4.02. The predicted octanol–water partition coefficient (Wildman–Crippen LogP) is 3.40. The minimum atomic E-state index is 0.309. The molecule has 0 aliphatic heterocycles. The molecule has 0 spiro atoms. The van der Waals surface area contributed by atoms with Crippen LogP contribution in [-0.2, 0) is 12.8 Å². The molecule has 3 aromatic rings. The van der Waals surface area contributed by atoms with Gasteiger partial charge in [0.2, 0.25) is 0 Å². The summed E-state index contributed by atoms with van der Waals surface area (Å²) in [5.74, 6) is 0.997. The lowest BCUT2D eigenvalue weighted by atomic mass is 10.0. The highest BCUT2D eigenvalue weighted by Crippen LogP contribution is 2.33. The Labute approximate surface area is 128 Å². The van der Waals surface area contributed by atoms with Crippen LogP contribution in [0.5, 0.6) is 5.75 Å². The Morgan fingerprint density at radius 2 is 1.91 bits per heavy atom. The molecule has 0 saturated carbocycles. The summed E-state index contributed by atoms with van der Waals surface area (Å²) >= 11 is 0. The van der Waals surface area contributed by atoms with Gasteiger partial charge in [-0.25, -0.2) is 9.97 Å². The minimum absolute atomic E-state index is 0.309. The maximum Gasteiger partial charge on any atom is 0.161 e. The molecule has 4 heteroatoms. The van der Waals surface area contributed by atoms with Gasteiger partial charge in [-0.05, 0) is 60.7 Å². The van der Waals surface area contributed by atoms with Crippen molar-refractivity contribution in [2.45, 2.75) is 19.3 Å². The second-order valence-corrected chi connectivity index (χ2v) is 5.50. The van der Waals surface area contributed by atoms with Crippen molar-refractivity contribution >= 4 is 0 Å². The molecule has 2 aromatic heterocycles. The number of rotatable bonds is 1. The van der Waals surface area contributed by atoms with Crippen LogP contribution in [0.25, 0.3) is 22.6 Å². The summed E-state index contributed by atoms with van der Waals surface area (Å²) in [7, 11) is 0. The van der Waals surface area contributed by atoms with E-state index in [9.17, 15) is 5.11 Å². The zero-order chi connectivity index (χ0) is 14.9. The number of hydrogen-bond acceptors (Lipinski definition) is 4. The van der Waals surface area contributed by atoms with Crippen LogP contribution in [0.4, 0.5) is 0 Å². The first-order valence-electron chi connectivity index (χ1n) is 7.40. The normalized spacial score (nSPS) is 13.1. The van der Waals surface area contributed by atoms with Crippen molar-refractivity contribution in [3.8, 4) is 28.4 Å². The number of aromatic hydroxyl groups is 1. The second kappa shape index (κ2) is 5.22. The molecule has 1 N–H and O–H groups in total. The van der Waals surface area contributed by atoms with Crippen molar-refractivity contribution < 1.29 is 5.11 Å². The lowest BCUT2D eigenvalue weighted by Crippen LogP contribution is -1.97. The number of phenols is 1. The molecule has 0 fully saturated rings. The number of aromatic nitrogens is 3. The van der Waals surface area contributed by atoms with E-state index >= 15 is 0 Å². The number of phenolic OH excluding ortho intramolecular Hbond substituents is 1. The topological polar surface area (TPSA) is 58.9 Å². The maximum atomic E-state index is 9.72. The van der Waals surface area contributed by atoms with Crippen LogP contribution >= 0.6 is 0 Å². The highest BCUT2D eigenvalue weighted by molar-refractivity contribution is 5.70. The van der Waals surface area contributed by atoms with Crippen LogP contribution in [0.3, 0.4) is 0 Å². The van der Waals surface area contributed by atoms with Crippen molar-refractivity contribution in [3.05, 3.63) is 60.0 Å². The Bertz CT molecular complexity index is 831. The van der Waals surface area contributed by atoms with Gasteiger partial charge in [-0.15, -0.1) is 0 Å². The van der Waals surface area contributed by atoms with E-state index in [1.807, 2.05) is 30.5 Å². The Morgan fingerprint density at radius 1 is 1.00 bits per heavy atom. The third-order valence-electron chi connectivity index (χ3n) is 4.02. The molecule has 1 aliphatic rings. The van der Waals surface area contributed by atoms with Crippen LogP contribution in [-0.4, -0.2) is 20.1 Å². The van der Waals surface area contributed by atoms with Gasteiger partial charge in [0.15, 0.2) is 5.82 Å². The van der Waals surface area contributed by atoms with Crippen molar-refractivity contribution in [1.29, 1.82) is 0 Å². The zero-order valence-electron chi connectivity index (χ0n) is 12.0. The van der Waals surface area contributed by atoms with Gasteiger partial charge in [0.1, 0.15) is 5.75 Å². The first-order chi connectivity index (χ1) is 10.8. The Morgan fingerprint density at radius 3 is 2.77 bits per heavy atom. The standard InChI is InChI=1S/C18H15N3O/c22-15-6-7-16-12(9-15)3-1-4-13-11-20-18(21-17(13)16)14-5-2-8-19-10-14/h2,5-11,22H,1,3-4H2. The molecule has 0 atom stereocenters. The average molecular weight is 289 g/mol. The van der Waals surface area contributed by atoms with Gasteiger partial charge in [0.25, 0.3) is 0 Å². The van der Waals surface area contributed by atoms with E-state index in [1.54, 1.807) is 18.5 Å². The first-order valence-corrected chi connectivity index (χ1v) is 7.40. The number of hydrogen-bond donors (Lipinski definition) is 1. The molecule has 4 rings (SSSR count). The highest BCUT2D eigenvalue weighted by Gasteiger charge is 2.17. The summed E-state index contributed by atoms with van der Waals surface area (Å²) < 4.78 is 0. The summed E-state index contributed by atoms with van der Waals surface area (Å²) in [6.45, 7) is 0. The minimum Gasteiger partial charge on any atom is -0.508 e. The van der Waals surface area contributed by atoms with Gasteiger partial charge in [0, 0.05) is 29.7 Å². The lowest BCUT2D eigenvalue weighted by molar-refractivity contribution is 0.474. The average Bonchev–Trinajstić information content (AvgIpc) is 2.73. The van der Waals surface area contributed by atoms with Crippen molar-refractivity contribution in [2.24, 2.45) is 0 Å². The number of benzene rings is 1. The van der Waals surface area contributed by atoms with Crippen LogP contribution in [0.15, 0.2) is 48.9 Å². The molecule has 22 heavy (non-hydrogen) atoms. The predicted molar refractivity (Wildman–Crippen MR) is 84.4 cm³/mol. The smallest absolute Gasteiger partial charge is 0.161 e. The summed E-state index contributed by atoms with van der Waals surface area (Å²) in [6, 6.07) is 9.37. The van der Waals surface area contributed by atoms with E-state index in [1.165, 1.54) is 0 Å². The van der Waals surface area contributed by atoms with Gasteiger partial charge in [-0.2, -0.15) is 0 Å². The third kappa shape index (κ3) is 2.22. The van der Waals surface area contributed by atoms with E-state index < -0.39 is 0 Å². The quantitative estimate of drug-likeness (QED) is 0.746. The molecule has 108 valence electrons. The summed E-state index contributed by atoms with van der Waals surface area (Å²) in [6.07, 6.45) is 8.38. The molecule has 1 aliphatic carbocycles. The van der Waals surface area contributed by atoms with Gasteiger partial charge in [-0.1, -0.05) is 0 Å². The van der Waals surface area contributed by atoms with Crippen LogP contribution in [0.2, 0.25) is 0 Å². The Balaban J connectivity index is 1.90. The van der Waals surface area contributed by atoms with E-state index in [0.29, 0.717) is 11.6 Å². The largest absolute Gasteiger partial charge is 0.508 e. The summed E-state index contributed by atoms with van der Waals surface area (Å²) in [5.41, 5.74) is 5.29. The van der Waals surface area contributed by atoms with E-state index in [2.05, 4.69) is 9.97 Å². The highest BCUT2D eigenvalue weighted by atomic mass is 16.3. The molecule has 0 radical (unpaired) electrons. The van der Waals surface area contributed by atoms with Gasteiger partial charge in [0.05, 0.1) is 5.69 Å². The maximum absolute atomic E-state index is 9.72. The van der Waals surface area contributed by atoms with Crippen molar-refractivity contribution in [3.63, 3.8) is 0 Å². The van der Waals surface area contributed by atoms with Crippen LogP contribution < -0.4 is 0 Å². The fourth-order valence-electron chi connectivity index (χ4n) is 2.94. The summed E-state index contributed by atoms with van der Waals surface area (Å²) in [4.78, 5) is 13.4. The molecule has 4 nitrogen and oxygen atoms in total. The number of fused-ring (bicyclic) bond motifs is 3. The van der Waals surface area contributed by atoms with Gasteiger partial charge < -0.3 is 5.11 Å². The van der Waals surface area contributed by atoms with Crippen LogP contribution in [0.1, 0.15) is 17.5 Å². The fraction of sp³-hybridized carbons (Fsp3) is 0.167. The lowest BCUT2D eigenvalue weighted by Gasteiger charge is -2.10. The summed E-state index contributed by atoms with van der Waals surface area (Å²) in [5, 5.41) is 9.72. The molecule has 0 unspecified atom stereocenters. The number of aryl methyl sites for hydroxylation is 2. The van der Waals surface area contributed by atoms with Gasteiger partial charge in [-0.3, -0.25) is 4.98 Å². The van der Waals surface area contributed by atoms with Crippen molar-refractivity contribution in [2.75, 3.05) is 0 Å². The van der Waals surface area contributed by atoms with Crippen LogP contribution in [0, 0.1) is 0 Å².